The molecule has 0 saturated carbocycles. The third-order valence-electron chi connectivity index (χ3n) is 3.81. The fraction of sp³-hybridized carbons (Fsp3) is 0.611. The van der Waals surface area contributed by atoms with Crippen molar-refractivity contribution in [1.82, 2.24) is 0 Å². The van der Waals surface area contributed by atoms with Crippen LogP contribution in [0.5, 0.6) is 5.75 Å². The second-order valence-corrected chi connectivity index (χ2v) is 5.73. The average molecular weight is 292 g/mol. The Labute approximate surface area is 127 Å². The second-order valence-electron chi connectivity index (χ2n) is 5.73. The third kappa shape index (κ3) is 5.07. The molecular formula is C18H28O3. The largest absolute Gasteiger partial charge is 0.507 e. The van der Waals surface area contributed by atoms with Crippen molar-refractivity contribution < 1.29 is 9.52 Å². The smallest absolute Gasteiger partial charge is 0.342 e. The lowest BCUT2D eigenvalue weighted by atomic mass is 10.0. The molecule has 0 spiro atoms. The number of allylic oxidation sites excluding steroid dienone is 2. The number of unbranched alkanes of at least 4 members (excludes halogenated alkanes) is 2. The quantitative estimate of drug-likeness (QED) is 0.559. The van der Waals surface area contributed by atoms with Gasteiger partial charge in [0.2, 0.25) is 0 Å². The molecule has 0 fully saturated rings. The Hall–Kier alpha value is -1.51. The summed E-state index contributed by atoms with van der Waals surface area (Å²) < 4.78 is 5.39. The zero-order valence-corrected chi connectivity index (χ0v) is 13.8. The van der Waals surface area contributed by atoms with E-state index in [1.54, 1.807) is 6.92 Å². The fourth-order valence-corrected chi connectivity index (χ4v) is 2.40. The summed E-state index contributed by atoms with van der Waals surface area (Å²) in [7, 11) is 0. The molecule has 1 aromatic rings. The maximum Gasteiger partial charge on any atom is 0.342 e. The van der Waals surface area contributed by atoms with Crippen LogP contribution in [0.4, 0.5) is 0 Å². The maximum atomic E-state index is 11.7. The van der Waals surface area contributed by atoms with Crippen molar-refractivity contribution in [2.24, 2.45) is 0 Å². The SMILES string of the molecule is CCCCCC(C)=CCc1oc(=O)c(C)c(O)c1CCC. The van der Waals surface area contributed by atoms with E-state index in [0.717, 1.165) is 24.8 Å². The molecule has 0 aromatic carbocycles. The summed E-state index contributed by atoms with van der Waals surface area (Å²) in [6.07, 6.45) is 9.07. The van der Waals surface area contributed by atoms with Gasteiger partial charge >= 0.3 is 5.63 Å². The first kappa shape index (κ1) is 17.5. The summed E-state index contributed by atoms with van der Waals surface area (Å²) in [5.74, 6) is 0.722. The molecule has 0 atom stereocenters. The molecule has 0 aliphatic carbocycles. The van der Waals surface area contributed by atoms with Crippen molar-refractivity contribution >= 4 is 0 Å². The highest BCUT2D eigenvalue weighted by molar-refractivity contribution is 5.40. The van der Waals surface area contributed by atoms with Gasteiger partial charge in [-0.1, -0.05) is 44.8 Å². The van der Waals surface area contributed by atoms with Gasteiger partial charge in [-0.15, -0.1) is 0 Å². The first-order valence-electron chi connectivity index (χ1n) is 8.01. The zero-order chi connectivity index (χ0) is 15.8. The molecule has 1 heterocycles. The molecule has 0 radical (unpaired) electrons. The third-order valence-corrected chi connectivity index (χ3v) is 3.81. The Kier molecular flexibility index (Phi) is 7.27. The van der Waals surface area contributed by atoms with E-state index in [1.165, 1.54) is 24.8 Å². The Balaban J connectivity index is 2.92. The van der Waals surface area contributed by atoms with Gasteiger partial charge in [-0.3, -0.25) is 0 Å². The molecular weight excluding hydrogens is 264 g/mol. The first-order valence-corrected chi connectivity index (χ1v) is 8.01. The van der Waals surface area contributed by atoms with Crippen LogP contribution in [-0.4, -0.2) is 5.11 Å². The van der Waals surface area contributed by atoms with Crippen LogP contribution < -0.4 is 5.63 Å². The van der Waals surface area contributed by atoms with E-state index in [4.69, 9.17) is 4.42 Å². The number of rotatable bonds is 8. The highest BCUT2D eigenvalue weighted by Crippen LogP contribution is 2.25. The molecule has 0 aliphatic heterocycles. The van der Waals surface area contributed by atoms with E-state index in [9.17, 15) is 9.90 Å². The molecule has 0 amide bonds. The molecule has 1 N–H and O–H groups in total. The molecule has 0 unspecified atom stereocenters. The minimum atomic E-state index is -0.431. The number of hydrogen-bond donors (Lipinski definition) is 1. The van der Waals surface area contributed by atoms with E-state index in [1.807, 2.05) is 0 Å². The summed E-state index contributed by atoms with van der Waals surface area (Å²) in [5.41, 5.74) is 1.98. The van der Waals surface area contributed by atoms with Crippen LogP contribution in [-0.2, 0) is 12.8 Å². The van der Waals surface area contributed by atoms with Gasteiger partial charge in [-0.05, 0) is 33.1 Å². The predicted octanol–water partition coefficient (Wildman–Crippen LogP) is 4.68. The number of hydrogen-bond acceptors (Lipinski definition) is 3. The van der Waals surface area contributed by atoms with E-state index in [0.29, 0.717) is 17.7 Å². The van der Waals surface area contributed by atoms with Gasteiger partial charge in [0.05, 0.1) is 5.56 Å². The molecule has 3 nitrogen and oxygen atoms in total. The van der Waals surface area contributed by atoms with Crippen molar-refractivity contribution in [3.63, 3.8) is 0 Å². The highest BCUT2D eigenvalue weighted by atomic mass is 16.4. The first-order chi connectivity index (χ1) is 10.0. The summed E-state index contributed by atoms with van der Waals surface area (Å²) in [4.78, 5) is 11.7. The van der Waals surface area contributed by atoms with Gasteiger partial charge in [-0.25, -0.2) is 4.79 Å². The molecule has 1 aromatic heterocycles. The van der Waals surface area contributed by atoms with Gasteiger partial charge in [0.25, 0.3) is 0 Å². The molecule has 118 valence electrons. The topological polar surface area (TPSA) is 50.4 Å². The van der Waals surface area contributed by atoms with Crippen molar-refractivity contribution in [3.8, 4) is 5.75 Å². The van der Waals surface area contributed by atoms with E-state index < -0.39 is 5.63 Å². The molecule has 1 rings (SSSR count). The summed E-state index contributed by atoms with van der Waals surface area (Å²) >= 11 is 0. The van der Waals surface area contributed by atoms with Crippen LogP contribution in [0.2, 0.25) is 0 Å². The van der Waals surface area contributed by atoms with Crippen molar-refractivity contribution in [2.75, 3.05) is 0 Å². The lowest BCUT2D eigenvalue weighted by Gasteiger charge is -2.10. The van der Waals surface area contributed by atoms with Gasteiger partial charge in [-0.2, -0.15) is 0 Å². The minimum absolute atomic E-state index is 0.111. The van der Waals surface area contributed by atoms with E-state index in [-0.39, 0.29) is 5.75 Å². The van der Waals surface area contributed by atoms with Gasteiger partial charge in [0.1, 0.15) is 11.5 Å². The Morgan fingerprint density at radius 3 is 2.57 bits per heavy atom. The monoisotopic (exact) mass is 292 g/mol. The van der Waals surface area contributed by atoms with Crippen molar-refractivity contribution in [3.05, 3.63) is 39.0 Å². The van der Waals surface area contributed by atoms with Crippen LogP contribution in [0, 0.1) is 6.92 Å². The standard InChI is InChI=1S/C18H28O3/c1-5-7-8-10-13(3)11-12-16-15(9-6-2)17(19)14(4)18(20)21-16/h11,19H,5-10,12H2,1-4H3. The van der Waals surface area contributed by atoms with Crippen molar-refractivity contribution in [1.29, 1.82) is 0 Å². The second kappa shape index (κ2) is 8.71. The maximum absolute atomic E-state index is 11.7. The van der Waals surface area contributed by atoms with Gasteiger partial charge < -0.3 is 9.52 Å². The number of aromatic hydroxyl groups is 1. The summed E-state index contributed by atoms with van der Waals surface area (Å²) in [5, 5.41) is 10.1. The van der Waals surface area contributed by atoms with Gasteiger partial charge in [0.15, 0.2) is 0 Å². The van der Waals surface area contributed by atoms with Crippen LogP contribution in [0.15, 0.2) is 20.9 Å². The van der Waals surface area contributed by atoms with E-state index >= 15 is 0 Å². The minimum Gasteiger partial charge on any atom is -0.507 e. The Morgan fingerprint density at radius 1 is 1.24 bits per heavy atom. The lowest BCUT2D eigenvalue weighted by molar-refractivity contribution is 0.410. The van der Waals surface area contributed by atoms with Crippen LogP contribution >= 0.6 is 0 Å². The molecule has 3 heteroatoms. The molecule has 0 aliphatic rings. The van der Waals surface area contributed by atoms with Crippen LogP contribution in [0.1, 0.15) is 69.8 Å². The normalized spacial score (nSPS) is 11.9. The predicted molar refractivity (Wildman–Crippen MR) is 87.0 cm³/mol. The Bertz CT molecular complexity index is 538. The molecule has 21 heavy (non-hydrogen) atoms. The Morgan fingerprint density at radius 2 is 1.95 bits per heavy atom. The molecule has 0 bridgehead atoms. The fourth-order valence-electron chi connectivity index (χ4n) is 2.40. The molecule has 0 saturated heterocycles. The lowest BCUT2D eigenvalue weighted by Crippen LogP contribution is -2.09. The average Bonchev–Trinajstić information content (AvgIpc) is 2.46. The summed E-state index contributed by atoms with van der Waals surface area (Å²) in [6.45, 7) is 7.96. The van der Waals surface area contributed by atoms with Gasteiger partial charge in [0, 0.05) is 12.0 Å². The zero-order valence-electron chi connectivity index (χ0n) is 13.8. The summed E-state index contributed by atoms with van der Waals surface area (Å²) in [6, 6.07) is 0. The van der Waals surface area contributed by atoms with E-state index in [2.05, 4.69) is 26.8 Å². The van der Waals surface area contributed by atoms with Crippen LogP contribution in [0.25, 0.3) is 0 Å². The highest BCUT2D eigenvalue weighted by Gasteiger charge is 2.15. The van der Waals surface area contributed by atoms with Crippen LogP contribution in [0.3, 0.4) is 0 Å². The van der Waals surface area contributed by atoms with Crippen molar-refractivity contribution in [2.45, 2.75) is 72.6 Å².